The van der Waals surface area contributed by atoms with E-state index in [9.17, 15) is 19.2 Å². The molecule has 1 N–H and O–H groups in total. The van der Waals surface area contributed by atoms with Crippen molar-refractivity contribution in [3.63, 3.8) is 0 Å². The molecular weight excluding hydrogens is 416 g/mol. The number of esters is 1. The molecular formula is C19H15BrN2O5. The van der Waals surface area contributed by atoms with E-state index in [2.05, 4.69) is 21.2 Å². The van der Waals surface area contributed by atoms with E-state index in [0.717, 1.165) is 10.5 Å². The first-order chi connectivity index (χ1) is 12.8. The highest BCUT2D eigenvalue weighted by Crippen LogP contribution is 2.24. The fourth-order valence-corrected chi connectivity index (χ4v) is 3.20. The number of fused-ring (bicyclic) bond motifs is 1. The van der Waals surface area contributed by atoms with Crippen LogP contribution in [0.5, 0.6) is 0 Å². The molecule has 7 nitrogen and oxygen atoms in total. The lowest BCUT2D eigenvalue weighted by atomic mass is 10.1. The highest BCUT2D eigenvalue weighted by Gasteiger charge is 2.33. The molecule has 0 radical (unpaired) electrons. The number of aryl methyl sites for hydroxylation is 1. The van der Waals surface area contributed by atoms with E-state index < -0.39 is 30.3 Å². The van der Waals surface area contributed by atoms with Crippen molar-refractivity contribution >= 4 is 45.3 Å². The molecule has 0 fully saturated rings. The summed E-state index contributed by atoms with van der Waals surface area (Å²) < 4.78 is 5.71. The van der Waals surface area contributed by atoms with E-state index >= 15 is 0 Å². The summed E-state index contributed by atoms with van der Waals surface area (Å²) in [6, 6.07) is 9.52. The third-order valence-electron chi connectivity index (χ3n) is 4.06. The molecule has 2 aromatic rings. The number of rotatable bonds is 4. The van der Waals surface area contributed by atoms with E-state index in [1.165, 1.54) is 25.2 Å². The Morgan fingerprint density at radius 3 is 2.48 bits per heavy atom. The van der Waals surface area contributed by atoms with Crippen LogP contribution in [0.3, 0.4) is 0 Å². The van der Waals surface area contributed by atoms with Crippen LogP contribution in [0.25, 0.3) is 0 Å². The summed E-state index contributed by atoms with van der Waals surface area (Å²) in [5.41, 5.74) is 2.06. The van der Waals surface area contributed by atoms with Gasteiger partial charge in [0.05, 0.1) is 22.4 Å². The van der Waals surface area contributed by atoms with Crippen molar-refractivity contribution in [3.05, 3.63) is 63.1 Å². The Labute approximate surface area is 163 Å². The molecule has 0 spiro atoms. The van der Waals surface area contributed by atoms with E-state index in [-0.39, 0.29) is 16.7 Å². The van der Waals surface area contributed by atoms with Gasteiger partial charge in [-0.1, -0.05) is 6.07 Å². The van der Waals surface area contributed by atoms with Crippen LogP contribution < -0.4 is 5.32 Å². The van der Waals surface area contributed by atoms with E-state index in [1.54, 1.807) is 6.07 Å². The molecule has 0 saturated carbocycles. The second-order valence-corrected chi connectivity index (χ2v) is 6.89. The molecule has 27 heavy (non-hydrogen) atoms. The van der Waals surface area contributed by atoms with Gasteiger partial charge in [0.15, 0.2) is 6.61 Å². The van der Waals surface area contributed by atoms with E-state index in [1.807, 2.05) is 19.1 Å². The summed E-state index contributed by atoms with van der Waals surface area (Å²) in [6.07, 6.45) is 0. The normalized spacial score (nSPS) is 12.8. The second-order valence-electron chi connectivity index (χ2n) is 6.04. The molecule has 138 valence electrons. The van der Waals surface area contributed by atoms with E-state index in [0.29, 0.717) is 10.2 Å². The van der Waals surface area contributed by atoms with Gasteiger partial charge in [-0.3, -0.25) is 19.3 Å². The van der Waals surface area contributed by atoms with Gasteiger partial charge < -0.3 is 10.1 Å². The number of carbonyl (C=O) groups excluding carboxylic acids is 4. The SMILES string of the molecule is Cc1ccc(NC(=O)COC(=O)c2ccc3c(c2)C(=O)N(C)C3=O)c(Br)c1. The smallest absolute Gasteiger partial charge is 0.338 e. The zero-order chi connectivity index (χ0) is 19.7. The summed E-state index contributed by atoms with van der Waals surface area (Å²) in [5, 5.41) is 2.64. The second kappa shape index (κ2) is 7.32. The average molecular weight is 431 g/mol. The van der Waals surface area contributed by atoms with Gasteiger partial charge >= 0.3 is 5.97 Å². The first-order valence-corrected chi connectivity index (χ1v) is 8.77. The lowest BCUT2D eigenvalue weighted by molar-refractivity contribution is -0.119. The number of hydrogen-bond acceptors (Lipinski definition) is 5. The first-order valence-electron chi connectivity index (χ1n) is 7.97. The summed E-state index contributed by atoms with van der Waals surface area (Å²) >= 11 is 3.35. The van der Waals surface area contributed by atoms with Crippen LogP contribution in [-0.2, 0) is 9.53 Å². The van der Waals surface area contributed by atoms with Crippen molar-refractivity contribution in [2.75, 3.05) is 19.0 Å². The van der Waals surface area contributed by atoms with Gasteiger partial charge in [0, 0.05) is 11.5 Å². The van der Waals surface area contributed by atoms with Gasteiger partial charge in [-0.15, -0.1) is 0 Å². The molecule has 8 heteroatoms. The molecule has 0 unspecified atom stereocenters. The Bertz CT molecular complexity index is 986. The number of amides is 3. The van der Waals surface area contributed by atoms with Crippen LogP contribution in [0.15, 0.2) is 40.9 Å². The highest BCUT2D eigenvalue weighted by molar-refractivity contribution is 9.10. The Morgan fingerprint density at radius 1 is 1.07 bits per heavy atom. The minimum Gasteiger partial charge on any atom is -0.452 e. The number of imide groups is 1. The highest BCUT2D eigenvalue weighted by atomic mass is 79.9. The molecule has 0 aliphatic carbocycles. The van der Waals surface area contributed by atoms with Crippen molar-refractivity contribution in [1.82, 2.24) is 4.90 Å². The largest absolute Gasteiger partial charge is 0.452 e. The lowest BCUT2D eigenvalue weighted by Crippen LogP contribution is -2.24. The van der Waals surface area contributed by atoms with Gasteiger partial charge in [0.1, 0.15) is 0 Å². The molecule has 3 amide bonds. The van der Waals surface area contributed by atoms with Gasteiger partial charge in [-0.05, 0) is 58.7 Å². The Hall–Kier alpha value is -3.00. The maximum Gasteiger partial charge on any atom is 0.338 e. The third kappa shape index (κ3) is 3.75. The van der Waals surface area contributed by atoms with Crippen molar-refractivity contribution in [1.29, 1.82) is 0 Å². The number of ether oxygens (including phenoxy) is 1. The summed E-state index contributed by atoms with van der Waals surface area (Å²) in [6.45, 7) is 1.44. The summed E-state index contributed by atoms with van der Waals surface area (Å²) in [5.74, 6) is -2.16. The number of anilines is 1. The Balaban J connectivity index is 1.64. The zero-order valence-corrected chi connectivity index (χ0v) is 16.1. The van der Waals surface area contributed by atoms with Gasteiger partial charge in [0.2, 0.25) is 0 Å². The van der Waals surface area contributed by atoms with Crippen molar-refractivity contribution in [2.24, 2.45) is 0 Å². The van der Waals surface area contributed by atoms with Crippen LogP contribution in [0, 0.1) is 6.92 Å². The lowest BCUT2D eigenvalue weighted by Gasteiger charge is -2.09. The monoisotopic (exact) mass is 430 g/mol. The third-order valence-corrected chi connectivity index (χ3v) is 4.71. The van der Waals surface area contributed by atoms with Crippen molar-refractivity contribution < 1.29 is 23.9 Å². The average Bonchev–Trinajstić information content (AvgIpc) is 2.86. The van der Waals surface area contributed by atoms with Crippen LogP contribution in [-0.4, -0.2) is 42.2 Å². The van der Waals surface area contributed by atoms with Gasteiger partial charge in [-0.25, -0.2) is 4.79 Å². The molecule has 1 aliphatic heterocycles. The Morgan fingerprint density at radius 2 is 1.78 bits per heavy atom. The zero-order valence-electron chi connectivity index (χ0n) is 14.5. The van der Waals surface area contributed by atoms with Gasteiger partial charge in [-0.2, -0.15) is 0 Å². The van der Waals surface area contributed by atoms with Crippen molar-refractivity contribution in [2.45, 2.75) is 6.92 Å². The number of nitrogens with zero attached hydrogens (tertiary/aromatic N) is 1. The summed E-state index contributed by atoms with van der Waals surface area (Å²) in [7, 11) is 1.37. The predicted octanol–water partition coefficient (Wildman–Crippen LogP) is 2.78. The molecule has 0 saturated heterocycles. The number of hydrogen-bond donors (Lipinski definition) is 1. The molecule has 1 aliphatic rings. The number of nitrogens with one attached hydrogen (secondary N) is 1. The minimum absolute atomic E-state index is 0.0921. The minimum atomic E-state index is -0.759. The first kappa shape index (κ1) is 18.8. The Kier molecular flexibility index (Phi) is 5.09. The van der Waals surface area contributed by atoms with Gasteiger partial charge in [0.25, 0.3) is 17.7 Å². The number of carbonyl (C=O) groups is 4. The molecule has 0 bridgehead atoms. The molecule has 2 aromatic carbocycles. The number of benzene rings is 2. The van der Waals surface area contributed by atoms with Crippen LogP contribution in [0.4, 0.5) is 5.69 Å². The number of halogens is 1. The fraction of sp³-hybridized carbons (Fsp3) is 0.158. The molecule has 3 rings (SSSR count). The molecule has 0 atom stereocenters. The van der Waals surface area contributed by atoms with Crippen LogP contribution >= 0.6 is 15.9 Å². The molecule has 0 aromatic heterocycles. The quantitative estimate of drug-likeness (QED) is 0.594. The van der Waals surface area contributed by atoms with Crippen LogP contribution in [0.1, 0.15) is 36.6 Å². The maximum atomic E-state index is 12.2. The molecule has 1 heterocycles. The standard InChI is InChI=1S/C19H15BrN2O5/c1-10-3-6-15(14(20)7-10)21-16(23)9-27-19(26)11-4-5-12-13(8-11)18(25)22(2)17(12)24/h3-8H,9H2,1-2H3,(H,21,23). The summed E-state index contributed by atoms with van der Waals surface area (Å²) in [4.78, 5) is 49.0. The van der Waals surface area contributed by atoms with Crippen molar-refractivity contribution in [3.8, 4) is 0 Å². The van der Waals surface area contributed by atoms with Crippen LogP contribution in [0.2, 0.25) is 0 Å². The predicted molar refractivity (Wildman–Crippen MR) is 101 cm³/mol. The maximum absolute atomic E-state index is 12.2. The topological polar surface area (TPSA) is 92.8 Å². The fourth-order valence-electron chi connectivity index (χ4n) is 2.61. The van der Waals surface area contributed by atoms with E-state index in [4.69, 9.17) is 4.74 Å².